The van der Waals surface area contributed by atoms with Crippen molar-refractivity contribution in [2.45, 2.75) is 37.0 Å². The minimum atomic E-state index is -3.21. The highest BCUT2D eigenvalue weighted by atomic mass is 32.1. The highest BCUT2D eigenvalue weighted by molar-refractivity contribution is 7.10. The summed E-state index contributed by atoms with van der Waals surface area (Å²) in [5.74, 6) is -5.52. The third kappa shape index (κ3) is 6.33. The number of hydrogen-bond acceptors (Lipinski definition) is 6. The molecule has 242 valence electrons. The van der Waals surface area contributed by atoms with Crippen LogP contribution in [0.4, 0.5) is 18.0 Å². The zero-order chi connectivity index (χ0) is 33.4. The SMILES string of the molecule is COC[C@@]1(F)C[C@@H](C(=O)NC(C)c2cc(/C(N)=N\C(=O)O)cs2)N(C(=O)CNC(=O)c2ccc3c(c2)-c2ccccc2C3(F)F)C1. The predicted octanol–water partition coefficient (Wildman–Crippen LogP) is 3.81. The molecule has 1 aliphatic heterocycles. The first-order chi connectivity index (χ1) is 21.7. The molecule has 4 amide bonds. The van der Waals surface area contributed by atoms with Crippen LogP contribution >= 0.6 is 11.3 Å². The molecule has 5 N–H and O–H groups in total. The van der Waals surface area contributed by atoms with Crippen LogP contribution in [-0.4, -0.2) is 78.2 Å². The van der Waals surface area contributed by atoms with Crippen molar-refractivity contribution in [1.82, 2.24) is 15.5 Å². The third-order valence-electron chi connectivity index (χ3n) is 7.91. The third-order valence-corrected chi connectivity index (χ3v) is 9.02. The Kier molecular flexibility index (Phi) is 8.91. The van der Waals surface area contributed by atoms with E-state index in [1.54, 1.807) is 30.5 Å². The number of carbonyl (C=O) groups excluding carboxylic acids is 3. The average molecular weight is 658 g/mol. The number of amides is 4. The van der Waals surface area contributed by atoms with Gasteiger partial charge in [0.25, 0.3) is 11.8 Å². The van der Waals surface area contributed by atoms with E-state index in [1.807, 2.05) is 0 Å². The molecule has 0 spiro atoms. The summed E-state index contributed by atoms with van der Waals surface area (Å²) in [4.78, 5) is 55.4. The van der Waals surface area contributed by atoms with Gasteiger partial charge in [-0.3, -0.25) is 14.4 Å². The second kappa shape index (κ2) is 12.6. The molecule has 1 saturated heterocycles. The topological polar surface area (TPSA) is 163 Å². The van der Waals surface area contributed by atoms with Crippen molar-refractivity contribution in [3.05, 3.63) is 81.0 Å². The van der Waals surface area contributed by atoms with Gasteiger partial charge in [0, 0.05) is 46.0 Å². The number of nitrogens with two attached hydrogens (primary N) is 1. The molecule has 3 aromatic rings. The van der Waals surface area contributed by atoms with Gasteiger partial charge in [-0.1, -0.05) is 30.3 Å². The number of carbonyl (C=O) groups is 4. The van der Waals surface area contributed by atoms with Crippen molar-refractivity contribution in [3.8, 4) is 11.1 Å². The van der Waals surface area contributed by atoms with Crippen LogP contribution in [0, 0.1) is 0 Å². The van der Waals surface area contributed by atoms with E-state index in [4.69, 9.17) is 15.6 Å². The van der Waals surface area contributed by atoms with E-state index >= 15 is 4.39 Å². The number of halogens is 3. The number of fused-ring (bicyclic) bond motifs is 3. The van der Waals surface area contributed by atoms with Crippen LogP contribution in [0.5, 0.6) is 0 Å². The van der Waals surface area contributed by atoms with E-state index in [0.717, 1.165) is 4.90 Å². The molecular weight excluding hydrogens is 627 g/mol. The highest BCUT2D eigenvalue weighted by Crippen LogP contribution is 2.51. The molecule has 1 fully saturated rings. The van der Waals surface area contributed by atoms with E-state index < -0.39 is 60.6 Å². The number of aliphatic imine (C=N–C) groups is 1. The van der Waals surface area contributed by atoms with Crippen molar-refractivity contribution in [3.63, 3.8) is 0 Å². The summed E-state index contributed by atoms with van der Waals surface area (Å²) >= 11 is 1.19. The second-order valence-corrected chi connectivity index (χ2v) is 12.1. The molecule has 5 rings (SSSR count). The van der Waals surface area contributed by atoms with Crippen LogP contribution in [0.15, 0.2) is 58.9 Å². The van der Waals surface area contributed by atoms with E-state index in [9.17, 15) is 28.0 Å². The molecule has 0 bridgehead atoms. The van der Waals surface area contributed by atoms with Gasteiger partial charge in [-0.25, -0.2) is 9.18 Å². The normalized spacial score (nSPS) is 20.5. The standard InChI is InChI=1S/C31H30F3N5O6S/c1-16(24-10-18(13-46-24)26(35)38-29(43)44)37-28(42)23-11-30(32,15-45-2)14-39(23)25(40)12-36-27(41)17-7-8-22-20(9-17)19-5-3-4-6-21(19)31(22,33)34/h3-10,13,16,23H,11-12,14-15H2,1-2H3,(H2,35,38)(H,36,41)(H,37,42)(H,43,44)/t16?,23-,30+/m0/s1. The summed E-state index contributed by atoms with van der Waals surface area (Å²) < 4.78 is 50.4. The lowest BCUT2D eigenvalue weighted by Gasteiger charge is -2.25. The quantitative estimate of drug-likeness (QED) is 0.201. The number of benzene rings is 2. The number of hydrogen-bond donors (Lipinski definition) is 4. The Morgan fingerprint density at radius 3 is 2.54 bits per heavy atom. The number of nitrogens with one attached hydrogen (secondary N) is 2. The summed E-state index contributed by atoms with van der Waals surface area (Å²) in [5, 5.41) is 15.6. The zero-order valence-corrected chi connectivity index (χ0v) is 25.5. The van der Waals surface area contributed by atoms with E-state index in [-0.39, 0.29) is 41.1 Å². The molecule has 2 aromatic carbocycles. The average Bonchev–Trinajstić information content (AvgIpc) is 3.70. The van der Waals surface area contributed by atoms with Crippen LogP contribution in [0.2, 0.25) is 0 Å². The number of amidine groups is 1. The van der Waals surface area contributed by atoms with E-state index in [2.05, 4.69) is 15.6 Å². The number of alkyl halides is 3. The Morgan fingerprint density at radius 1 is 1.11 bits per heavy atom. The Labute approximate surface area is 265 Å². The summed E-state index contributed by atoms with van der Waals surface area (Å²) in [7, 11) is 1.29. The van der Waals surface area contributed by atoms with Crippen LogP contribution in [0.1, 0.15) is 51.3 Å². The summed E-state index contributed by atoms with van der Waals surface area (Å²) in [6.45, 7) is 0.238. The van der Waals surface area contributed by atoms with Crippen LogP contribution in [-0.2, 0) is 20.2 Å². The van der Waals surface area contributed by atoms with Crippen LogP contribution < -0.4 is 16.4 Å². The molecule has 11 nitrogen and oxygen atoms in total. The Morgan fingerprint density at radius 2 is 1.83 bits per heavy atom. The first kappa shape index (κ1) is 32.6. The van der Waals surface area contributed by atoms with Gasteiger partial charge in [-0.05, 0) is 36.2 Å². The van der Waals surface area contributed by atoms with Gasteiger partial charge in [0.1, 0.15) is 11.9 Å². The van der Waals surface area contributed by atoms with Crippen molar-refractivity contribution < 1.29 is 42.2 Å². The number of ether oxygens (including phenoxy) is 1. The zero-order valence-electron chi connectivity index (χ0n) is 24.7. The van der Waals surface area contributed by atoms with Crippen LogP contribution in [0.3, 0.4) is 0 Å². The largest absolute Gasteiger partial charge is 0.463 e. The molecular formula is C31H30F3N5O6S. The number of carboxylic acid groups (broad SMARTS) is 1. The lowest BCUT2D eigenvalue weighted by Crippen LogP contribution is -2.49. The molecule has 3 atom stereocenters. The maximum atomic E-state index is 15.6. The van der Waals surface area contributed by atoms with E-state index in [1.165, 1.54) is 48.8 Å². The lowest BCUT2D eigenvalue weighted by molar-refractivity contribution is -0.138. The summed E-state index contributed by atoms with van der Waals surface area (Å²) in [6, 6.07) is 9.49. The maximum absolute atomic E-state index is 15.6. The summed E-state index contributed by atoms with van der Waals surface area (Å²) in [5.41, 5.74) is 4.19. The number of rotatable bonds is 9. The smallest absolute Gasteiger partial charge is 0.433 e. The van der Waals surface area contributed by atoms with Crippen LogP contribution in [0.25, 0.3) is 11.1 Å². The van der Waals surface area contributed by atoms with Gasteiger partial charge >= 0.3 is 6.09 Å². The fourth-order valence-corrected chi connectivity index (χ4v) is 6.65. The minimum absolute atomic E-state index is 0.0483. The van der Waals surface area contributed by atoms with Gasteiger partial charge in [0.15, 0.2) is 5.67 Å². The fourth-order valence-electron chi connectivity index (χ4n) is 5.74. The maximum Gasteiger partial charge on any atom is 0.433 e. The second-order valence-electron chi connectivity index (χ2n) is 11.1. The molecule has 0 radical (unpaired) electrons. The number of methoxy groups -OCH3 is 1. The van der Waals surface area contributed by atoms with Crippen molar-refractivity contribution >= 4 is 41.0 Å². The Bertz CT molecular complexity index is 1750. The minimum Gasteiger partial charge on any atom is -0.463 e. The molecule has 1 aliphatic carbocycles. The Balaban J connectivity index is 1.27. The number of likely N-dealkylation sites (tertiary alicyclic amines) is 1. The van der Waals surface area contributed by atoms with Gasteiger partial charge in [-0.15, -0.1) is 11.3 Å². The molecule has 2 aliphatic rings. The lowest BCUT2D eigenvalue weighted by atomic mass is 10.0. The monoisotopic (exact) mass is 657 g/mol. The molecule has 46 heavy (non-hydrogen) atoms. The van der Waals surface area contributed by atoms with E-state index in [0.29, 0.717) is 16.0 Å². The van der Waals surface area contributed by atoms with Crippen molar-refractivity contribution in [2.75, 3.05) is 26.8 Å². The molecule has 2 heterocycles. The Hall–Kier alpha value is -4.76. The van der Waals surface area contributed by atoms with Gasteiger partial charge in [-0.2, -0.15) is 13.8 Å². The number of nitrogens with zero attached hydrogens (tertiary/aromatic N) is 2. The van der Waals surface area contributed by atoms with Crippen molar-refractivity contribution in [2.24, 2.45) is 10.7 Å². The van der Waals surface area contributed by atoms with Gasteiger partial charge < -0.3 is 31.1 Å². The van der Waals surface area contributed by atoms with Gasteiger partial charge in [0.05, 0.1) is 25.7 Å². The highest BCUT2D eigenvalue weighted by Gasteiger charge is 2.50. The van der Waals surface area contributed by atoms with Crippen molar-refractivity contribution in [1.29, 1.82) is 0 Å². The van der Waals surface area contributed by atoms with Gasteiger partial charge in [0.2, 0.25) is 11.8 Å². The predicted molar refractivity (Wildman–Crippen MR) is 163 cm³/mol. The molecule has 15 heteroatoms. The first-order valence-corrected chi connectivity index (χ1v) is 15.0. The summed E-state index contributed by atoms with van der Waals surface area (Å²) in [6.07, 6.45) is -1.81. The fraction of sp³-hybridized carbons (Fsp3) is 0.323. The molecule has 0 saturated carbocycles. The molecule has 1 aromatic heterocycles. The molecule has 1 unspecified atom stereocenters. The first-order valence-electron chi connectivity index (χ1n) is 14.1. The number of thiophene rings is 1.